The molecular formula is C12H11ClN2O. The van der Waals surface area contributed by atoms with Crippen LogP contribution in [0.2, 0.25) is 0 Å². The predicted octanol–water partition coefficient (Wildman–Crippen LogP) is 2.96. The van der Waals surface area contributed by atoms with Crippen molar-refractivity contribution in [2.45, 2.75) is 25.1 Å². The van der Waals surface area contributed by atoms with Crippen molar-refractivity contribution in [1.82, 2.24) is 10.2 Å². The highest BCUT2D eigenvalue weighted by Gasteiger charge is 2.14. The number of rotatable bonds is 2. The Morgan fingerprint density at radius 1 is 1.19 bits per heavy atom. The summed E-state index contributed by atoms with van der Waals surface area (Å²) in [5.41, 5.74) is 3.84. The van der Waals surface area contributed by atoms with Gasteiger partial charge < -0.3 is 4.42 Å². The van der Waals surface area contributed by atoms with Crippen LogP contribution in [0, 0.1) is 0 Å². The van der Waals surface area contributed by atoms with Crippen LogP contribution in [-0.4, -0.2) is 10.2 Å². The molecule has 0 saturated heterocycles. The first kappa shape index (κ1) is 9.85. The maximum atomic E-state index is 5.63. The summed E-state index contributed by atoms with van der Waals surface area (Å²) >= 11 is 5.63. The van der Waals surface area contributed by atoms with Gasteiger partial charge in [-0.1, -0.05) is 6.07 Å². The summed E-state index contributed by atoms with van der Waals surface area (Å²) < 4.78 is 5.42. The third-order valence-electron chi connectivity index (χ3n) is 2.93. The SMILES string of the molecule is ClCc1nnc(-c2ccc3c(c2)CCC3)o1. The molecule has 0 radical (unpaired) electrons. The Bertz CT molecular complexity index is 521. The molecule has 1 aromatic carbocycles. The highest BCUT2D eigenvalue weighted by molar-refractivity contribution is 6.16. The molecule has 3 nitrogen and oxygen atoms in total. The largest absolute Gasteiger partial charge is 0.419 e. The number of hydrogen-bond donors (Lipinski definition) is 0. The Morgan fingerprint density at radius 3 is 2.88 bits per heavy atom. The van der Waals surface area contributed by atoms with Gasteiger partial charge >= 0.3 is 0 Å². The van der Waals surface area contributed by atoms with Crippen LogP contribution in [0.1, 0.15) is 23.4 Å². The molecule has 0 aliphatic heterocycles. The molecule has 1 aliphatic carbocycles. The number of benzene rings is 1. The molecule has 0 spiro atoms. The predicted molar refractivity (Wildman–Crippen MR) is 61.3 cm³/mol. The zero-order valence-electron chi connectivity index (χ0n) is 8.74. The molecule has 1 aliphatic rings. The molecule has 0 atom stereocenters. The van der Waals surface area contributed by atoms with E-state index in [2.05, 4.69) is 22.3 Å². The Hall–Kier alpha value is -1.35. The first-order valence-electron chi connectivity index (χ1n) is 5.37. The summed E-state index contributed by atoms with van der Waals surface area (Å²) in [4.78, 5) is 0. The van der Waals surface area contributed by atoms with Crippen molar-refractivity contribution in [1.29, 1.82) is 0 Å². The molecule has 82 valence electrons. The van der Waals surface area contributed by atoms with Gasteiger partial charge in [0.2, 0.25) is 11.8 Å². The highest BCUT2D eigenvalue weighted by atomic mass is 35.5. The summed E-state index contributed by atoms with van der Waals surface area (Å²) in [6.45, 7) is 0. The van der Waals surface area contributed by atoms with E-state index in [1.807, 2.05) is 6.07 Å². The van der Waals surface area contributed by atoms with E-state index in [9.17, 15) is 0 Å². The zero-order chi connectivity index (χ0) is 11.0. The molecule has 1 aromatic heterocycles. The average molecular weight is 235 g/mol. The van der Waals surface area contributed by atoms with E-state index in [1.54, 1.807) is 0 Å². The lowest BCUT2D eigenvalue weighted by molar-refractivity contribution is 0.527. The molecule has 0 bridgehead atoms. The number of nitrogens with zero attached hydrogens (tertiary/aromatic N) is 2. The molecule has 4 heteroatoms. The molecule has 16 heavy (non-hydrogen) atoms. The number of hydrogen-bond acceptors (Lipinski definition) is 3. The first-order valence-corrected chi connectivity index (χ1v) is 5.91. The average Bonchev–Trinajstić information content (AvgIpc) is 2.96. The van der Waals surface area contributed by atoms with Crippen LogP contribution in [0.4, 0.5) is 0 Å². The monoisotopic (exact) mass is 234 g/mol. The molecule has 2 aromatic rings. The second-order valence-corrected chi connectivity index (χ2v) is 4.24. The lowest BCUT2D eigenvalue weighted by Crippen LogP contribution is -1.84. The summed E-state index contributed by atoms with van der Waals surface area (Å²) in [7, 11) is 0. The fraction of sp³-hybridized carbons (Fsp3) is 0.333. The molecule has 0 fully saturated rings. The maximum absolute atomic E-state index is 5.63. The third kappa shape index (κ3) is 1.61. The number of aromatic nitrogens is 2. The first-order chi connectivity index (χ1) is 7.86. The van der Waals surface area contributed by atoms with Crippen molar-refractivity contribution in [3.63, 3.8) is 0 Å². The van der Waals surface area contributed by atoms with Gasteiger partial charge in [0.15, 0.2) is 0 Å². The minimum atomic E-state index is 0.262. The van der Waals surface area contributed by atoms with Gasteiger partial charge in [-0.15, -0.1) is 21.8 Å². The summed E-state index contributed by atoms with van der Waals surface area (Å²) in [5, 5.41) is 7.84. The van der Waals surface area contributed by atoms with E-state index >= 15 is 0 Å². The van der Waals surface area contributed by atoms with E-state index in [-0.39, 0.29) is 5.88 Å². The molecule has 0 N–H and O–H groups in total. The Kier molecular flexibility index (Phi) is 2.40. The van der Waals surface area contributed by atoms with Gasteiger partial charge in [-0.3, -0.25) is 0 Å². The standard InChI is InChI=1S/C12H11ClN2O/c13-7-11-14-15-12(16-11)10-5-4-8-2-1-3-9(8)6-10/h4-6H,1-3,7H2. The van der Waals surface area contributed by atoms with E-state index in [0.29, 0.717) is 11.8 Å². The van der Waals surface area contributed by atoms with Crippen LogP contribution in [-0.2, 0) is 18.7 Å². The van der Waals surface area contributed by atoms with Crippen molar-refractivity contribution in [3.8, 4) is 11.5 Å². The molecular weight excluding hydrogens is 224 g/mol. The highest BCUT2D eigenvalue weighted by Crippen LogP contribution is 2.27. The topological polar surface area (TPSA) is 38.9 Å². The molecule has 0 saturated carbocycles. The van der Waals surface area contributed by atoms with Crippen LogP contribution >= 0.6 is 11.6 Å². The van der Waals surface area contributed by atoms with Crippen LogP contribution in [0.15, 0.2) is 22.6 Å². The minimum Gasteiger partial charge on any atom is -0.419 e. The lowest BCUT2D eigenvalue weighted by atomic mass is 10.1. The van der Waals surface area contributed by atoms with Gasteiger partial charge in [0.1, 0.15) is 5.88 Å². The zero-order valence-corrected chi connectivity index (χ0v) is 9.50. The molecule has 0 unspecified atom stereocenters. The van der Waals surface area contributed by atoms with Crippen molar-refractivity contribution in [2.24, 2.45) is 0 Å². The minimum absolute atomic E-state index is 0.262. The molecule has 0 amide bonds. The van der Waals surface area contributed by atoms with E-state index in [0.717, 1.165) is 12.0 Å². The second kappa shape index (κ2) is 3.91. The second-order valence-electron chi connectivity index (χ2n) is 3.97. The van der Waals surface area contributed by atoms with Crippen LogP contribution < -0.4 is 0 Å². The number of alkyl halides is 1. The third-order valence-corrected chi connectivity index (χ3v) is 3.16. The van der Waals surface area contributed by atoms with E-state index in [1.165, 1.54) is 24.0 Å². The van der Waals surface area contributed by atoms with Gasteiger partial charge in [0.05, 0.1) is 0 Å². The van der Waals surface area contributed by atoms with Crippen LogP contribution in [0.5, 0.6) is 0 Å². The molecule has 1 heterocycles. The normalized spacial score (nSPS) is 14.1. The fourth-order valence-electron chi connectivity index (χ4n) is 2.13. The van der Waals surface area contributed by atoms with Gasteiger partial charge in [-0.2, -0.15) is 0 Å². The van der Waals surface area contributed by atoms with Crippen molar-refractivity contribution >= 4 is 11.6 Å². The number of fused-ring (bicyclic) bond motifs is 1. The maximum Gasteiger partial charge on any atom is 0.247 e. The Morgan fingerprint density at radius 2 is 2.06 bits per heavy atom. The smallest absolute Gasteiger partial charge is 0.247 e. The van der Waals surface area contributed by atoms with Crippen LogP contribution in [0.3, 0.4) is 0 Å². The van der Waals surface area contributed by atoms with Gasteiger partial charge in [0.25, 0.3) is 0 Å². The van der Waals surface area contributed by atoms with E-state index in [4.69, 9.17) is 16.0 Å². The number of halogens is 1. The summed E-state index contributed by atoms with van der Waals surface area (Å²) in [6.07, 6.45) is 3.58. The Balaban J connectivity index is 2.00. The fourth-order valence-corrected chi connectivity index (χ4v) is 2.24. The Labute approximate surface area is 98.4 Å². The molecule has 3 rings (SSSR count). The summed E-state index contributed by atoms with van der Waals surface area (Å²) in [6, 6.07) is 6.34. The van der Waals surface area contributed by atoms with E-state index < -0.39 is 0 Å². The quantitative estimate of drug-likeness (QED) is 0.750. The number of aryl methyl sites for hydroxylation is 2. The van der Waals surface area contributed by atoms with Crippen molar-refractivity contribution in [2.75, 3.05) is 0 Å². The van der Waals surface area contributed by atoms with Gasteiger partial charge in [0, 0.05) is 5.56 Å². The van der Waals surface area contributed by atoms with Crippen LogP contribution in [0.25, 0.3) is 11.5 Å². The van der Waals surface area contributed by atoms with Gasteiger partial charge in [-0.25, -0.2) is 0 Å². The summed E-state index contributed by atoms with van der Waals surface area (Å²) in [5.74, 6) is 1.29. The lowest BCUT2D eigenvalue weighted by Gasteiger charge is -2.00. The van der Waals surface area contributed by atoms with Crippen molar-refractivity contribution in [3.05, 3.63) is 35.2 Å². The van der Waals surface area contributed by atoms with Crippen molar-refractivity contribution < 1.29 is 4.42 Å². The van der Waals surface area contributed by atoms with Gasteiger partial charge in [-0.05, 0) is 42.5 Å².